The molecular weight excluding hydrogens is 426 g/mol. The van der Waals surface area contributed by atoms with Gasteiger partial charge in [0.15, 0.2) is 0 Å². The monoisotopic (exact) mass is 454 g/mol. The molecule has 3 aliphatic heterocycles. The summed E-state index contributed by atoms with van der Waals surface area (Å²) in [5, 5.41) is 14.0. The van der Waals surface area contributed by atoms with E-state index >= 15 is 0 Å². The second-order valence-electron chi connectivity index (χ2n) is 9.06. The van der Waals surface area contributed by atoms with Gasteiger partial charge in [0.1, 0.15) is 23.1 Å². The molecule has 0 radical (unpaired) electrons. The largest absolute Gasteiger partial charge is 0.505 e. The average Bonchev–Trinajstić information content (AvgIpc) is 3.06. The zero-order valence-electron chi connectivity index (χ0n) is 18.6. The van der Waals surface area contributed by atoms with Gasteiger partial charge < -0.3 is 26.0 Å². The molecule has 4 N–H and O–H groups in total. The Morgan fingerprint density at radius 2 is 2.06 bits per heavy atom. The van der Waals surface area contributed by atoms with Gasteiger partial charge in [-0.25, -0.2) is 8.78 Å². The minimum Gasteiger partial charge on any atom is -0.505 e. The van der Waals surface area contributed by atoms with Crippen molar-refractivity contribution in [1.29, 1.82) is 0 Å². The van der Waals surface area contributed by atoms with Gasteiger partial charge in [0.25, 0.3) is 5.91 Å². The highest BCUT2D eigenvalue weighted by atomic mass is 19.1. The Bertz CT molecular complexity index is 1150. The molecule has 2 unspecified atom stereocenters. The van der Waals surface area contributed by atoms with E-state index < -0.39 is 17.5 Å². The molecule has 2 atom stereocenters. The number of rotatable bonds is 4. The van der Waals surface area contributed by atoms with Gasteiger partial charge in [-0.3, -0.25) is 4.79 Å². The highest BCUT2D eigenvalue weighted by molar-refractivity contribution is 6.00. The topological polar surface area (TPSA) is 81.8 Å². The molecule has 6 nitrogen and oxygen atoms in total. The third-order valence-corrected chi connectivity index (χ3v) is 7.14. The number of piperazine rings is 1. The molecule has 1 aliphatic carbocycles. The fourth-order valence-electron chi connectivity index (χ4n) is 5.35. The first kappa shape index (κ1) is 21.7. The lowest BCUT2D eigenvalue weighted by Crippen LogP contribution is -2.50. The zero-order valence-corrected chi connectivity index (χ0v) is 18.6. The van der Waals surface area contributed by atoms with Crippen molar-refractivity contribution in [2.75, 3.05) is 13.1 Å². The van der Waals surface area contributed by atoms with Gasteiger partial charge in [-0.05, 0) is 44.2 Å². The smallest absolute Gasteiger partial charge is 0.254 e. The lowest BCUT2D eigenvalue weighted by molar-refractivity contribution is -0.117. The maximum absolute atomic E-state index is 14.0. The van der Waals surface area contributed by atoms with Crippen molar-refractivity contribution < 1.29 is 18.7 Å². The van der Waals surface area contributed by atoms with Crippen LogP contribution in [0.4, 0.5) is 8.78 Å². The second kappa shape index (κ2) is 8.02. The molecule has 1 aromatic carbocycles. The molecule has 1 amide bonds. The average molecular weight is 455 g/mol. The number of hydrogen-bond donors (Lipinski definition) is 3. The van der Waals surface area contributed by atoms with E-state index in [1.807, 2.05) is 4.90 Å². The molecule has 1 saturated carbocycles. The first-order valence-electron chi connectivity index (χ1n) is 11.4. The predicted octanol–water partition coefficient (Wildman–Crippen LogP) is 3.35. The van der Waals surface area contributed by atoms with E-state index in [1.54, 1.807) is 0 Å². The highest BCUT2D eigenvalue weighted by Crippen LogP contribution is 2.49. The third-order valence-electron chi connectivity index (χ3n) is 7.14. The summed E-state index contributed by atoms with van der Waals surface area (Å²) in [4.78, 5) is 17.6. The molecule has 0 spiro atoms. The minimum absolute atomic E-state index is 0.0106. The second-order valence-corrected chi connectivity index (χ2v) is 9.06. The summed E-state index contributed by atoms with van der Waals surface area (Å²) in [6, 6.07) is 2.88. The van der Waals surface area contributed by atoms with Gasteiger partial charge >= 0.3 is 0 Å². The number of carbonyl (C=O) groups is 1. The van der Waals surface area contributed by atoms with E-state index in [0.717, 1.165) is 50.2 Å². The third kappa shape index (κ3) is 3.35. The number of likely N-dealkylation sites (N-methyl/N-ethyl adjacent to an activating group) is 1. The van der Waals surface area contributed by atoms with Crippen LogP contribution in [0, 0.1) is 11.6 Å². The SMILES string of the molecule is C=C1C(O)=C2C(=C3CCC3)N(CC)CC3CC(N)C(=C1C(=O)NCc1ccc(F)cc1F)N23. The molecule has 0 bridgehead atoms. The van der Waals surface area contributed by atoms with Crippen LogP contribution in [0.5, 0.6) is 0 Å². The number of nitrogens with two attached hydrogens (primary N) is 1. The number of nitrogens with one attached hydrogen (secondary N) is 1. The Morgan fingerprint density at radius 1 is 1.30 bits per heavy atom. The summed E-state index contributed by atoms with van der Waals surface area (Å²) in [5.41, 5.74) is 10.9. The number of amides is 1. The van der Waals surface area contributed by atoms with Crippen LogP contribution in [0.3, 0.4) is 0 Å². The molecule has 1 aromatic rings. The van der Waals surface area contributed by atoms with Crippen molar-refractivity contribution in [3.63, 3.8) is 0 Å². The fraction of sp³-hybridized carbons (Fsp3) is 0.400. The summed E-state index contributed by atoms with van der Waals surface area (Å²) in [5.74, 6) is -1.91. The molecule has 0 aromatic heterocycles. The zero-order chi connectivity index (χ0) is 23.4. The summed E-state index contributed by atoms with van der Waals surface area (Å²) >= 11 is 0. The molecule has 3 fully saturated rings. The van der Waals surface area contributed by atoms with E-state index in [-0.39, 0.29) is 41.1 Å². The van der Waals surface area contributed by atoms with E-state index in [0.29, 0.717) is 17.8 Å². The number of hydrogen-bond acceptors (Lipinski definition) is 5. The van der Waals surface area contributed by atoms with Crippen LogP contribution in [-0.2, 0) is 11.3 Å². The molecule has 33 heavy (non-hydrogen) atoms. The van der Waals surface area contributed by atoms with Crippen LogP contribution < -0.4 is 11.1 Å². The van der Waals surface area contributed by atoms with Crippen LogP contribution >= 0.6 is 0 Å². The lowest BCUT2D eigenvalue weighted by atomic mass is 9.85. The van der Waals surface area contributed by atoms with Gasteiger partial charge in [-0.15, -0.1) is 0 Å². The summed E-state index contributed by atoms with van der Waals surface area (Å²) in [6.07, 6.45) is 3.77. The number of aliphatic hydroxyl groups is 1. The molecule has 8 heteroatoms. The van der Waals surface area contributed by atoms with Gasteiger partial charge in [-0.2, -0.15) is 0 Å². The summed E-state index contributed by atoms with van der Waals surface area (Å²) in [7, 11) is 0. The van der Waals surface area contributed by atoms with Crippen LogP contribution in [0.25, 0.3) is 0 Å². The van der Waals surface area contributed by atoms with Gasteiger partial charge in [0.2, 0.25) is 0 Å². The van der Waals surface area contributed by atoms with Crippen molar-refractivity contribution in [3.8, 4) is 0 Å². The van der Waals surface area contributed by atoms with Crippen molar-refractivity contribution in [1.82, 2.24) is 15.1 Å². The molecule has 4 aliphatic rings. The Hall–Kier alpha value is -3.13. The molecule has 5 rings (SSSR count). The maximum atomic E-state index is 14.0. The van der Waals surface area contributed by atoms with Crippen molar-refractivity contribution >= 4 is 5.91 Å². The molecule has 2 saturated heterocycles. The van der Waals surface area contributed by atoms with E-state index in [4.69, 9.17) is 5.73 Å². The Kier molecular flexibility index (Phi) is 5.28. The standard InChI is InChI=1S/C25H28F2N4O2/c1-3-30-12-17-10-19(28)22-20(25(33)29-11-15-7-8-16(26)9-18(15)27)13(2)24(32)23(31(17)22)21(30)14-5-4-6-14/h7-9,17,19,32H,2-6,10-12,28H2,1H3,(H,29,33). The minimum atomic E-state index is -0.731. The van der Waals surface area contributed by atoms with Crippen molar-refractivity contribution in [2.24, 2.45) is 5.73 Å². The number of benzene rings is 1. The predicted molar refractivity (Wildman–Crippen MR) is 120 cm³/mol. The van der Waals surface area contributed by atoms with Gasteiger partial charge in [-0.1, -0.05) is 12.6 Å². The Balaban J connectivity index is 1.51. The van der Waals surface area contributed by atoms with Crippen LogP contribution in [-0.4, -0.2) is 46.0 Å². The molecular formula is C25H28F2N4O2. The normalized spacial score (nSPS) is 24.4. The van der Waals surface area contributed by atoms with Crippen LogP contribution in [0.1, 0.15) is 38.2 Å². The first-order chi connectivity index (χ1) is 15.8. The number of nitrogens with zero attached hydrogens (tertiary/aromatic N) is 2. The quantitative estimate of drug-likeness (QED) is 0.650. The number of allylic oxidation sites excluding steroid dienone is 2. The first-order valence-corrected chi connectivity index (χ1v) is 11.4. The summed E-state index contributed by atoms with van der Waals surface area (Å²) in [6.45, 7) is 7.60. The van der Waals surface area contributed by atoms with Gasteiger partial charge in [0, 0.05) is 48.6 Å². The van der Waals surface area contributed by atoms with Gasteiger partial charge in [0.05, 0.1) is 17.3 Å². The Morgan fingerprint density at radius 3 is 2.70 bits per heavy atom. The summed E-state index contributed by atoms with van der Waals surface area (Å²) < 4.78 is 27.2. The number of aliphatic hydroxyl groups excluding tert-OH is 1. The fourth-order valence-corrected chi connectivity index (χ4v) is 5.35. The van der Waals surface area contributed by atoms with E-state index in [2.05, 4.69) is 23.7 Å². The highest BCUT2D eigenvalue weighted by Gasteiger charge is 2.49. The molecule has 174 valence electrons. The van der Waals surface area contributed by atoms with Crippen molar-refractivity contribution in [2.45, 2.75) is 51.2 Å². The maximum Gasteiger partial charge on any atom is 0.254 e. The van der Waals surface area contributed by atoms with Crippen LogP contribution in [0.15, 0.2) is 64.3 Å². The number of halogens is 2. The molecule has 3 heterocycles. The number of carbonyl (C=O) groups excluding carboxylic acids is 1. The van der Waals surface area contributed by atoms with E-state index in [9.17, 15) is 18.7 Å². The Labute approximate surface area is 191 Å². The van der Waals surface area contributed by atoms with Crippen LogP contribution in [0.2, 0.25) is 0 Å². The lowest BCUT2D eigenvalue weighted by Gasteiger charge is -2.47. The van der Waals surface area contributed by atoms with Crippen molar-refractivity contribution in [3.05, 3.63) is 81.5 Å². The van der Waals surface area contributed by atoms with E-state index in [1.165, 1.54) is 11.6 Å².